The fourth-order valence-corrected chi connectivity index (χ4v) is 4.97. The van der Waals surface area contributed by atoms with E-state index in [1.54, 1.807) is 12.1 Å². The Balaban J connectivity index is 2.18. The van der Waals surface area contributed by atoms with Crippen LogP contribution < -0.4 is 0 Å². The number of aromatic nitrogens is 1. The molecule has 25 heavy (non-hydrogen) atoms. The maximum Gasteiger partial charge on any atom is 0.268 e. The molecule has 0 aliphatic carbocycles. The van der Waals surface area contributed by atoms with E-state index in [-0.39, 0.29) is 0 Å². The Morgan fingerprint density at radius 1 is 0.760 bits per heavy atom. The molecule has 3 nitrogen and oxygen atoms in total. The first-order valence-electron chi connectivity index (χ1n) is 8.22. The molecule has 0 amide bonds. The highest BCUT2D eigenvalue weighted by Crippen LogP contribution is 2.34. The van der Waals surface area contributed by atoms with Crippen molar-refractivity contribution in [3.05, 3.63) is 77.4 Å². The minimum Gasteiger partial charge on any atom is -0.233 e. The standard InChI is InChI=1S/C21H19NO2S/c1-14-7-10-17(11-8-14)25(23,24)22-20-12-9-15(2)13-19(20)18-6-4-5-16(3)21(18)22/h4-13H,1-3H3. The van der Waals surface area contributed by atoms with E-state index in [9.17, 15) is 8.42 Å². The number of para-hydroxylation sites is 1. The van der Waals surface area contributed by atoms with Crippen LogP contribution in [0.25, 0.3) is 21.8 Å². The second-order valence-corrected chi connectivity index (χ2v) is 8.36. The zero-order valence-corrected chi connectivity index (χ0v) is 15.3. The minimum atomic E-state index is -3.68. The van der Waals surface area contributed by atoms with Crippen molar-refractivity contribution in [3.8, 4) is 0 Å². The first-order valence-corrected chi connectivity index (χ1v) is 9.66. The summed E-state index contributed by atoms with van der Waals surface area (Å²) in [6.45, 7) is 5.92. The van der Waals surface area contributed by atoms with Crippen LogP contribution in [0.3, 0.4) is 0 Å². The number of aryl methyl sites for hydroxylation is 3. The first-order chi connectivity index (χ1) is 11.9. The number of nitrogens with zero attached hydrogens (tertiary/aromatic N) is 1. The summed E-state index contributed by atoms with van der Waals surface area (Å²) in [5.74, 6) is 0. The zero-order chi connectivity index (χ0) is 17.8. The highest BCUT2D eigenvalue weighted by molar-refractivity contribution is 7.90. The van der Waals surface area contributed by atoms with Crippen molar-refractivity contribution in [2.45, 2.75) is 25.7 Å². The Hall–Kier alpha value is -2.59. The Labute approximate surface area is 147 Å². The van der Waals surface area contributed by atoms with Crippen LogP contribution in [0.5, 0.6) is 0 Å². The fourth-order valence-electron chi connectivity index (χ4n) is 3.37. The normalized spacial score (nSPS) is 12.1. The number of rotatable bonds is 2. The van der Waals surface area contributed by atoms with E-state index in [2.05, 4.69) is 6.07 Å². The summed E-state index contributed by atoms with van der Waals surface area (Å²) in [5, 5.41) is 1.93. The highest BCUT2D eigenvalue weighted by atomic mass is 32.2. The van der Waals surface area contributed by atoms with Gasteiger partial charge in [0.1, 0.15) is 0 Å². The van der Waals surface area contributed by atoms with Gasteiger partial charge in [0, 0.05) is 10.8 Å². The molecule has 0 radical (unpaired) electrons. The molecule has 0 bridgehead atoms. The van der Waals surface area contributed by atoms with Gasteiger partial charge in [0.15, 0.2) is 0 Å². The quantitative estimate of drug-likeness (QED) is 0.513. The van der Waals surface area contributed by atoms with Gasteiger partial charge in [-0.25, -0.2) is 12.4 Å². The molecule has 1 aromatic heterocycles. The lowest BCUT2D eigenvalue weighted by Gasteiger charge is -2.11. The zero-order valence-electron chi connectivity index (χ0n) is 14.4. The second-order valence-electron chi connectivity index (χ2n) is 6.57. The summed E-state index contributed by atoms with van der Waals surface area (Å²) in [7, 11) is -3.68. The lowest BCUT2D eigenvalue weighted by molar-refractivity contribution is 0.590. The summed E-state index contributed by atoms with van der Waals surface area (Å²) < 4.78 is 28.4. The number of hydrogen-bond donors (Lipinski definition) is 0. The molecule has 0 spiro atoms. The Morgan fingerprint density at radius 3 is 2.16 bits per heavy atom. The van der Waals surface area contributed by atoms with Crippen LogP contribution in [0, 0.1) is 20.8 Å². The molecule has 4 aromatic rings. The number of benzene rings is 3. The van der Waals surface area contributed by atoms with E-state index < -0.39 is 10.0 Å². The van der Waals surface area contributed by atoms with Gasteiger partial charge in [-0.2, -0.15) is 0 Å². The van der Waals surface area contributed by atoms with E-state index in [0.717, 1.165) is 38.5 Å². The summed E-state index contributed by atoms with van der Waals surface area (Å²) in [5.41, 5.74) is 4.56. The summed E-state index contributed by atoms with van der Waals surface area (Å²) in [6.07, 6.45) is 0. The smallest absolute Gasteiger partial charge is 0.233 e. The van der Waals surface area contributed by atoms with Gasteiger partial charge >= 0.3 is 0 Å². The van der Waals surface area contributed by atoms with Crippen LogP contribution >= 0.6 is 0 Å². The predicted octanol–water partition coefficient (Wildman–Crippen LogP) is 4.96. The molecule has 0 N–H and O–H groups in total. The van der Waals surface area contributed by atoms with E-state index in [4.69, 9.17) is 0 Å². The third-order valence-corrected chi connectivity index (χ3v) is 6.39. The Morgan fingerprint density at radius 2 is 1.44 bits per heavy atom. The SMILES string of the molecule is Cc1ccc(S(=O)(=O)n2c3ccc(C)cc3c3cccc(C)c32)cc1. The Bertz CT molecular complexity index is 1220. The van der Waals surface area contributed by atoms with Crippen molar-refractivity contribution >= 4 is 31.8 Å². The van der Waals surface area contributed by atoms with Crippen LogP contribution in [-0.4, -0.2) is 12.4 Å². The molecule has 4 rings (SSSR count). The van der Waals surface area contributed by atoms with Gasteiger partial charge in [-0.3, -0.25) is 0 Å². The molecule has 1 heterocycles. The van der Waals surface area contributed by atoms with Crippen LogP contribution in [0.15, 0.2) is 65.6 Å². The van der Waals surface area contributed by atoms with Crippen LogP contribution in [0.1, 0.15) is 16.7 Å². The minimum absolute atomic E-state index is 0.306. The van der Waals surface area contributed by atoms with Gasteiger partial charge in [0.05, 0.1) is 15.9 Å². The first kappa shape index (κ1) is 15.9. The highest BCUT2D eigenvalue weighted by Gasteiger charge is 2.24. The van der Waals surface area contributed by atoms with E-state index >= 15 is 0 Å². The van der Waals surface area contributed by atoms with Crippen LogP contribution in [-0.2, 0) is 10.0 Å². The number of fused-ring (bicyclic) bond motifs is 3. The summed E-state index contributed by atoms with van der Waals surface area (Å²) in [6, 6.07) is 18.8. The van der Waals surface area contributed by atoms with Crippen molar-refractivity contribution < 1.29 is 8.42 Å². The van der Waals surface area contributed by atoms with Gasteiger partial charge in [-0.1, -0.05) is 47.5 Å². The average molecular weight is 349 g/mol. The van der Waals surface area contributed by atoms with Crippen molar-refractivity contribution in [1.29, 1.82) is 0 Å². The molecular formula is C21H19NO2S. The molecule has 0 saturated heterocycles. The molecule has 4 heteroatoms. The van der Waals surface area contributed by atoms with Crippen molar-refractivity contribution in [2.24, 2.45) is 0 Å². The van der Waals surface area contributed by atoms with E-state index in [0.29, 0.717) is 4.90 Å². The Kier molecular flexibility index (Phi) is 3.48. The second kappa shape index (κ2) is 5.46. The maximum atomic E-state index is 13.4. The van der Waals surface area contributed by atoms with Crippen molar-refractivity contribution in [3.63, 3.8) is 0 Å². The molecule has 0 fully saturated rings. The monoisotopic (exact) mass is 349 g/mol. The van der Waals surface area contributed by atoms with Gasteiger partial charge in [-0.15, -0.1) is 0 Å². The van der Waals surface area contributed by atoms with Crippen LogP contribution in [0.4, 0.5) is 0 Å². The number of hydrogen-bond acceptors (Lipinski definition) is 2. The molecule has 0 saturated carbocycles. The maximum absolute atomic E-state index is 13.4. The van der Waals surface area contributed by atoms with Crippen molar-refractivity contribution in [1.82, 2.24) is 3.97 Å². The molecule has 0 aliphatic heterocycles. The third-order valence-electron chi connectivity index (χ3n) is 4.66. The topological polar surface area (TPSA) is 39.1 Å². The average Bonchev–Trinajstić information content (AvgIpc) is 2.91. The molecule has 0 atom stereocenters. The fraction of sp³-hybridized carbons (Fsp3) is 0.143. The summed E-state index contributed by atoms with van der Waals surface area (Å²) >= 11 is 0. The van der Waals surface area contributed by atoms with Crippen molar-refractivity contribution in [2.75, 3.05) is 0 Å². The molecule has 0 aliphatic rings. The van der Waals surface area contributed by atoms with E-state index in [1.807, 2.05) is 63.2 Å². The summed E-state index contributed by atoms with van der Waals surface area (Å²) in [4.78, 5) is 0.306. The van der Waals surface area contributed by atoms with Crippen LogP contribution in [0.2, 0.25) is 0 Å². The predicted molar refractivity (Wildman–Crippen MR) is 103 cm³/mol. The molecule has 3 aromatic carbocycles. The largest absolute Gasteiger partial charge is 0.268 e. The van der Waals surface area contributed by atoms with Gasteiger partial charge in [-0.05, 0) is 50.6 Å². The van der Waals surface area contributed by atoms with Gasteiger partial charge in [0.2, 0.25) is 0 Å². The molecule has 0 unspecified atom stereocenters. The van der Waals surface area contributed by atoms with E-state index in [1.165, 1.54) is 3.97 Å². The third kappa shape index (κ3) is 2.36. The lowest BCUT2D eigenvalue weighted by Crippen LogP contribution is -2.13. The van der Waals surface area contributed by atoms with Gasteiger partial charge in [0.25, 0.3) is 10.0 Å². The molecule has 126 valence electrons. The molecular weight excluding hydrogens is 330 g/mol. The lowest BCUT2D eigenvalue weighted by atomic mass is 10.1. The van der Waals surface area contributed by atoms with Gasteiger partial charge < -0.3 is 0 Å².